The lowest BCUT2D eigenvalue weighted by molar-refractivity contribution is 0.00704. The minimum absolute atomic E-state index is 0.316. The Bertz CT molecular complexity index is 1590. The summed E-state index contributed by atoms with van der Waals surface area (Å²) in [6.07, 6.45) is 2.16. The number of fused-ring (bicyclic) bond motifs is 1. The zero-order valence-electron chi connectivity index (χ0n) is 23.7. The van der Waals surface area contributed by atoms with E-state index in [9.17, 15) is 4.79 Å². The summed E-state index contributed by atoms with van der Waals surface area (Å²) in [4.78, 5) is 17.9. The second-order valence-corrected chi connectivity index (χ2v) is 11.0. The fourth-order valence-electron chi connectivity index (χ4n) is 4.71. The van der Waals surface area contributed by atoms with E-state index in [0.29, 0.717) is 12.1 Å². The molecule has 0 spiro atoms. The summed E-state index contributed by atoms with van der Waals surface area (Å²) in [6, 6.07) is 32.4. The molecular formula is C35H36N2O3. The lowest BCUT2D eigenvalue weighted by Gasteiger charge is -2.20. The van der Waals surface area contributed by atoms with Gasteiger partial charge in [0, 0.05) is 12.1 Å². The predicted molar refractivity (Wildman–Crippen MR) is 162 cm³/mol. The average molecular weight is 533 g/mol. The minimum atomic E-state index is -0.554. The molecule has 0 aliphatic rings. The number of ether oxygens (including phenoxy) is 2. The maximum absolute atomic E-state index is 12.9. The van der Waals surface area contributed by atoms with Crippen LogP contribution in [-0.4, -0.2) is 27.7 Å². The quantitative estimate of drug-likeness (QED) is 0.141. The van der Waals surface area contributed by atoms with Crippen LogP contribution in [0.1, 0.15) is 56.5 Å². The summed E-state index contributed by atoms with van der Waals surface area (Å²) in [7, 11) is 0. The van der Waals surface area contributed by atoms with Crippen molar-refractivity contribution >= 4 is 17.0 Å². The zero-order chi connectivity index (χ0) is 28.1. The van der Waals surface area contributed by atoms with E-state index in [1.54, 1.807) is 0 Å². The van der Waals surface area contributed by atoms with Crippen molar-refractivity contribution in [1.82, 2.24) is 9.55 Å². The van der Waals surface area contributed by atoms with Crippen LogP contribution in [0.3, 0.4) is 0 Å². The number of carbonyl (C=O) groups excluding carboxylic acids is 1. The number of aromatic nitrogens is 2. The number of benzene rings is 4. The number of unbranched alkanes of at least 4 members (excludes halogenated alkanes) is 1. The van der Waals surface area contributed by atoms with Gasteiger partial charge in [-0.1, -0.05) is 67.9 Å². The van der Waals surface area contributed by atoms with E-state index in [4.69, 9.17) is 14.5 Å². The van der Waals surface area contributed by atoms with E-state index in [0.717, 1.165) is 64.3 Å². The van der Waals surface area contributed by atoms with Gasteiger partial charge in [0.1, 0.15) is 17.2 Å². The van der Waals surface area contributed by atoms with Gasteiger partial charge in [0.25, 0.3) is 0 Å². The Kier molecular flexibility index (Phi) is 8.01. The molecule has 40 heavy (non-hydrogen) atoms. The first-order valence-corrected chi connectivity index (χ1v) is 13.9. The number of hydrogen-bond acceptors (Lipinski definition) is 4. The Hall–Kier alpha value is -4.38. The summed E-state index contributed by atoms with van der Waals surface area (Å²) in [5.74, 6) is 1.48. The first-order chi connectivity index (χ1) is 19.3. The van der Waals surface area contributed by atoms with Crippen molar-refractivity contribution in [2.45, 2.75) is 52.7 Å². The molecule has 204 valence electrons. The van der Waals surface area contributed by atoms with E-state index >= 15 is 0 Å². The number of para-hydroxylation sites is 2. The molecule has 5 aromatic rings. The minimum Gasteiger partial charge on any atom is -0.494 e. The number of imidazole rings is 1. The van der Waals surface area contributed by atoms with Crippen LogP contribution in [-0.2, 0) is 11.3 Å². The van der Waals surface area contributed by atoms with E-state index in [2.05, 4.69) is 54.0 Å². The maximum Gasteiger partial charge on any atom is 0.339 e. The monoisotopic (exact) mass is 532 g/mol. The molecule has 0 N–H and O–H groups in total. The smallest absolute Gasteiger partial charge is 0.339 e. The van der Waals surface area contributed by atoms with Crippen molar-refractivity contribution in [3.63, 3.8) is 0 Å². The van der Waals surface area contributed by atoms with Crippen LogP contribution in [0.5, 0.6) is 5.75 Å². The normalized spacial score (nSPS) is 11.5. The average Bonchev–Trinajstić information content (AvgIpc) is 3.31. The van der Waals surface area contributed by atoms with Crippen molar-refractivity contribution in [2.24, 2.45) is 0 Å². The van der Waals surface area contributed by atoms with Crippen LogP contribution in [0.2, 0.25) is 0 Å². The summed E-state index contributed by atoms with van der Waals surface area (Å²) >= 11 is 0. The molecule has 5 heteroatoms. The van der Waals surface area contributed by atoms with Crippen LogP contribution in [0.4, 0.5) is 0 Å². The van der Waals surface area contributed by atoms with Crippen LogP contribution >= 0.6 is 0 Å². The van der Waals surface area contributed by atoms with Crippen molar-refractivity contribution in [1.29, 1.82) is 0 Å². The molecule has 0 aliphatic carbocycles. The predicted octanol–water partition coefficient (Wildman–Crippen LogP) is 8.55. The molecule has 1 heterocycles. The lowest BCUT2D eigenvalue weighted by atomic mass is 9.98. The van der Waals surface area contributed by atoms with Gasteiger partial charge in [-0.3, -0.25) is 0 Å². The van der Waals surface area contributed by atoms with Crippen molar-refractivity contribution in [3.8, 4) is 28.3 Å². The van der Waals surface area contributed by atoms with Crippen molar-refractivity contribution in [2.75, 3.05) is 6.61 Å². The highest BCUT2D eigenvalue weighted by molar-refractivity contribution is 5.97. The first-order valence-electron chi connectivity index (χ1n) is 13.9. The fraction of sp³-hybridized carbons (Fsp3) is 0.257. The highest BCUT2D eigenvalue weighted by Gasteiger charge is 2.21. The summed E-state index contributed by atoms with van der Waals surface area (Å²) < 4.78 is 13.8. The molecule has 5 nitrogen and oxygen atoms in total. The number of esters is 1. The van der Waals surface area contributed by atoms with Gasteiger partial charge in [0.2, 0.25) is 0 Å². The molecule has 1 aromatic heterocycles. The summed E-state index contributed by atoms with van der Waals surface area (Å²) in [5, 5.41) is 0. The Morgan fingerprint density at radius 3 is 2.23 bits per heavy atom. The highest BCUT2D eigenvalue weighted by atomic mass is 16.6. The molecule has 0 atom stereocenters. The number of hydrogen-bond donors (Lipinski definition) is 0. The van der Waals surface area contributed by atoms with E-state index in [-0.39, 0.29) is 5.97 Å². The summed E-state index contributed by atoms with van der Waals surface area (Å²) in [6.45, 7) is 9.20. The van der Waals surface area contributed by atoms with Crippen LogP contribution < -0.4 is 4.74 Å². The largest absolute Gasteiger partial charge is 0.494 e. The Morgan fingerprint density at radius 1 is 0.825 bits per heavy atom. The number of carbonyl (C=O) groups is 1. The molecule has 0 saturated carbocycles. The molecule has 0 saturated heterocycles. The maximum atomic E-state index is 12.9. The zero-order valence-corrected chi connectivity index (χ0v) is 23.7. The van der Waals surface area contributed by atoms with Gasteiger partial charge >= 0.3 is 5.97 Å². The van der Waals surface area contributed by atoms with Crippen LogP contribution in [0.25, 0.3) is 33.5 Å². The topological polar surface area (TPSA) is 53.4 Å². The van der Waals surface area contributed by atoms with Gasteiger partial charge in [0.15, 0.2) is 0 Å². The highest BCUT2D eigenvalue weighted by Crippen LogP contribution is 2.29. The molecule has 0 fully saturated rings. The van der Waals surface area contributed by atoms with Gasteiger partial charge in [-0.15, -0.1) is 0 Å². The van der Waals surface area contributed by atoms with Crippen LogP contribution in [0.15, 0.2) is 97.1 Å². The summed E-state index contributed by atoms with van der Waals surface area (Å²) in [5.41, 5.74) is 6.07. The van der Waals surface area contributed by atoms with Gasteiger partial charge in [-0.2, -0.15) is 0 Å². The van der Waals surface area contributed by atoms with Crippen molar-refractivity contribution in [3.05, 3.63) is 108 Å². The molecular weight excluding hydrogens is 496 g/mol. The molecule has 0 amide bonds. The molecule has 0 unspecified atom stereocenters. The van der Waals surface area contributed by atoms with Gasteiger partial charge < -0.3 is 14.0 Å². The Labute approximate surface area is 236 Å². The molecule has 0 radical (unpaired) electrons. The second kappa shape index (κ2) is 11.8. The SMILES string of the molecule is CCCCOc1ccc(-c2nc3ccccc3n2Cc2ccc(-c3ccccc3C(=O)OC(C)(C)C)cc2)cc1. The first kappa shape index (κ1) is 27.2. The van der Waals surface area contributed by atoms with Gasteiger partial charge in [-0.25, -0.2) is 9.78 Å². The van der Waals surface area contributed by atoms with Gasteiger partial charge in [-0.05, 0) is 86.3 Å². The Balaban J connectivity index is 1.43. The van der Waals surface area contributed by atoms with Gasteiger partial charge in [0.05, 0.1) is 23.2 Å². The second-order valence-electron chi connectivity index (χ2n) is 11.0. The number of nitrogens with zero attached hydrogens (tertiary/aromatic N) is 2. The third-order valence-electron chi connectivity index (χ3n) is 6.69. The molecule has 5 rings (SSSR count). The van der Waals surface area contributed by atoms with Crippen molar-refractivity contribution < 1.29 is 14.3 Å². The third kappa shape index (κ3) is 6.26. The van der Waals surface area contributed by atoms with E-state index < -0.39 is 5.60 Å². The van der Waals surface area contributed by atoms with E-state index in [1.807, 2.05) is 75.4 Å². The van der Waals surface area contributed by atoms with Crippen LogP contribution in [0, 0.1) is 0 Å². The standard InChI is InChI=1S/C35H36N2O3/c1-5-6-23-39-28-21-19-27(20-22-28)33-36-31-13-9-10-14-32(31)37(33)24-25-15-17-26(18-16-25)29-11-7-8-12-30(29)34(38)40-35(2,3)4/h7-22H,5-6,23-24H2,1-4H3. The molecule has 0 bridgehead atoms. The molecule has 0 aliphatic heterocycles. The third-order valence-corrected chi connectivity index (χ3v) is 6.69. The lowest BCUT2D eigenvalue weighted by Crippen LogP contribution is -2.24. The van der Waals surface area contributed by atoms with E-state index in [1.165, 1.54) is 0 Å². The molecule has 4 aromatic carbocycles. The fourth-order valence-corrected chi connectivity index (χ4v) is 4.71. The Morgan fingerprint density at radius 2 is 1.50 bits per heavy atom. The number of rotatable bonds is 9.